The summed E-state index contributed by atoms with van der Waals surface area (Å²) >= 11 is 0. The van der Waals surface area contributed by atoms with E-state index in [9.17, 15) is 19.2 Å². The molecule has 522 valence electrons. The van der Waals surface area contributed by atoms with E-state index >= 15 is 0 Å². The summed E-state index contributed by atoms with van der Waals surface area (Å²) < 4.78 is 0. The number of hydrogen-bond donors (Lipinski definition) is 0. The average Bonchev–Trinajstić information content (AvgIpc) is 0.785. The third-order valence-corrected chi connectivity index (χ3v) is 18.5. The van der Waals surface area contributed by atoms with Crippen LogP contribution in [0.1, 0.15) is 41.4 Å². The number of rotatable bonds is 18. The zero-order valence-electron chi connectivity index (χ0n) is 58.6. The largest absolute Gasteiger partial charge is 3.00 e. The number of pyridine rings is 4. The molecule has 0 saturated carbocycles. The zero-order chi connectivity index (χ0) is 72.6. The topological polar surface area (TPSA) is 159 Å². The normalized spacial score (nSPS) is 10.8. The van der Waals surface area contributed by atoms with Gasteiger partial charge in [0.15, 0.2) is 0 Å². The predicted octanol–water partition coefficient (Wildman–Crippen LogP) is 18.6. The van der Waals surface area contributed by atoms with Crippen LogP contribution in [0.3, 0.4) is 0 Å². The smallest absolute Gasteiger partial charge is 0.319 e. The Labute approximate surface area is 653 Å². The van der Waals surface area contributed by atoms with Crippen molar-refractivity contribution >= 4 is 46.4 Å². The number of carbonyl (C=O) groups is 4. The van der Waals surface area contributed by atoms with Crippen LogP contribution in [0.2, 0.25) is 0 Å². The molecule has 0 N–H and O–H groups in total. The van der Waals surface area contributed by atoms with Crippen LogP contribution < -0.4 is 19.6 Å². The number of carbonyl (C=O) groups excluding carboxylic acids is 4. The number of anilines is 4. The van der Waals surface area contributed by atoms with Gasteiger partial charge in [-0.1, -0.05) is 119 Å². The first-order chi connectivity index (χ1) is 51.8. The summed E-state index contributed by atoms with van der Waals surface area (Å²) in [7, 11) is 6.90. The van der Waals surface area contributed by atoms with Crippen molar-refractivity contribution in [3.8, 4) is 112 Å². The molecule has 0 spiro atoms. The van der Waals surface area contributed by atoms with Crippen LogP contribution in [-0.4, -0.2) is 81.7 Å². The minimum atomic E-state index is -0.264. The van der Waals surface area contributed by atoms with Crippen LogP contribution in [0.25, 0.3) is 112 Å². The van der Waals surface area contributed by atoms with Gasteiger partial charge in [0, 0.05) is 99.5 Å². The minimum absolute atomic E-state index is 0. The number of hydrogen-bond acceptors (Lipinski definition) is 10. The first-order valence-corrected chi connectivity index (χ1v) is 34.1. The SMILES string of the molecule is CN(C(=O)c1c[c-]c(-c2ccccn2)cc1)c1cc(-c2ccccc2-c2c[c-]c(-c3cnc(-c4[c-]cc(-c5ccccc5-c5cc(N(C)C(=O)c6c[c-]c(-c7ccccn7)cc6)cc(N(C)C(=O)c6c[c-]c(-c7ccccn7)cc6)c5)cc4)cn3)cc2)cc(N(C)C(=O)c2c[c-]c(-c3ccccn3)cc2)c1.[Ir+3].[Ir+3]. The molecule has 0 aliphatic carbocycles. The second kappa shape index (κ2) is 33.0. The first-order valence-electron chi connectivity index (χ1n) is 34.1. The van der Waals surface area contributed by atoms with E-state index in [4.69, 9.17) is 9.97 Å². The fourth-order valence-electron chi connectivity index (χ4n) is 12.6. The Morgan fingerprint density at radius 1 is 0.250 bits per heavy atom. The summed E-state index contributed by atoms with van der Waals surface area (Å²) in [4.78, 5) is 91.6. The Bertz CT molecular complexity index is 5100. The van der Waals surface area contributed by atoms with Crippen LogP contribution >= 0.6 is 0 Å². The van der Waals surface area contributed by atoms with E-state index in [1.807, 2.05) is 218 Å². The molecule has 15 rings (SSSR count). The molecule has 4 amide bonds. The molecule has 0 aliphatic heterocycles. The van der Waals surface area contributed by atoms with Gasteiger partial charge in [0.1, 0.15) is 0 Å². The molecule has 0 unspecified atom stereocenters. The van der Waals surface area contributed by atoms with Crippen molar-refractivity contribution < 1.29 is 59.4 Å². The Balaban J connectivity index is 0.00000514. The molecule has 0 atom stereocenters. The fourth-order valence-corrected chi connectivity index (χ4v) is 12.6. The molecule has 5 heterocycles. The van der Waals surface area contributed by atoms with Gasteiger partial charge in [-0.15, -0.1) is 179 Å². The van der Waals surface area contributed by atoms with Gasteiger partial charge in [0.2, 0.25) is 23.6 Å². The fraction of sp³-hybridized carbons (Fsp3) is 0.0435. The quantitative estimate of drug-likeness (QED) is 0.0757. The molecule has 108 heavy (non-hydrogen) atoms. The molecule has 0 saturated heterocycles. The third kappa shape index (κ3) is 15.9. The van der Waals surface area contributed by atoms with Crippen molar-refractivity contribution in [1.29, 1.82) is 0 Å². The molecule has 14 nitrogen and oxygen atoms in total. The second-order valence-corrected chi connectivity index (χ2v) is 25.1. The summed E-state index contributed by atoms with van der Waals surface area (Å²) in [6.45, 7) is 0. The second-order valence-electron chi connectivity index (χ2n) is 25.1. The number of nitrogens with zero attached hydrogens (tertiary/aromatic N) is 10. The maximum atomic E-state index is 14.4. The Morgan fingerprint density at radius 3 is 0.713 bits per heavy atom. The standard InChI is InChI=1S/C92H62N10O4.2Ir/c1-99(89(103)69-41-33-63(34-42-69)83-21-9-13-49-93-83)75-53-73(54-76(57-75)100(2)90(104)70-43-35-64(36-44-70)84-22-10-14-50-94-84)81-19-7-5-17-79(81)61-25-29-67(30-26-61)87-59-98-88(60-97-87)68-31-27-62(28-32-68)80-18-6-8-20-82(80)74-55-77(101(3)91(105)71-45-37-65(38-46-71)85-23-11-15-51-95-85)58-78(56-74)102(4)92(106)72-47-39-66(40-48-72)86-24-12-16-52-96-86;;/h5-29,31,33,35,37,39,41-60H,1-4H3;;/q-6;2*+3. The minimum Gasteiger partial charge on any atom is -0.319 e. The van der Waals surface area contributed by atoms with Gasteiger partial charge >= 0.3 is 40.2 Å². The van der Waals surface area contributed by atoms with E-state index in [1.54, 1.807) is 134 Å². The predicted molar refractivity (Wildman–Crippen MR) is 417 cm³/mol. The van der Waals surface area contributed by atoms with E-state index in [-0.39, 0.29) is 63.8 Å². The first kappa shape index (κ1) is 73.4. The van der Waals surface area contributed by atoms with Gasteiger partial charge in [-0.05, 0) is 128 Å². The van der Waals surface area contributed by atoms with Crippen LogP contribution in [0.15, 0.2) is 304 Å². The average molecular weight is 1760 g/mol. The maximum absolute atomic E-state index is 14.4. The Hall–Kier alpha value is -12.9. The van der Waals surface area contributed by atoms with Gasteiger partial charge < -0.3 is 49.5 Å². The molecule has 0 aliphatic rings. The number of aromatic nitrogens is 6. The van der Waals surface area contributed by atoms with Gasteiger partial charge in [-0.2, -0.15) is 0 Å². The van der Waals surface area contributed by atoms with Crippen molar-refractivity contribution in [2.45, 2.75) is 0 Å². The molecule has 10 aromatic carbocycles. The zero-order valence-corrected chi connectivity index (χ0v) is 63.4. The molecule has 0 bridgehead atoms. The van der Waals surface area contributed by atoms with Crippen LogP contribution in [-0.2, 0) is 40.2 Å². The Kier molecular flexibility index (Phi) is 22.4. The van der Waals surface area contributed by atoms with Gasteiger partial charge in [0.25, 0.3) is 0 Å². The molecular formula is C92H62Ir2N10O4. The summed E-state index contributed by atoms with van der Waals surface area (Å²) in [6.07, 6.45) is 10.3. The Morgan fingerprint density at radius 2 is 0.491 bits per heavy atom. The van der Waals surface area contributed by atoms with Gasteiger partial charge in [-0.25, -0.2) is 0 Å². The van der Waals surface area contributed by atoms with E-state index in [2.05, 4.69) is 56.3 Å². The van der Waals surface area contributed by atoms with Crippen LogP contribution in [0, 0.1) is 36.4 Å². The van der Waals surface area contributed by atoms with Crippen molar-refractivity contribution in [2.75, 3.05) is 47.8 Å². The van der Waals surface area contributed by atoms with Gasteiger partial charge in [-0.3, -0.25) is 19.2 Å². The summed E-state index contributed by atoms with van der Waals surface area (Å²) in [6, 6.07) is 103. The van der Waals surface area contributed by atoms with Crippen molar-refractivity contribution in [1.82, 2.24) is 29.9 Å². The third-order valence-electron chi connectivity index (χ3n) is 18.5. The summed E-state index contributed by atoms with van der Waals surface area (Å²) in [5, 5.41) is 0. The molecule has 16 heteroatoms. The van der Waals surface area contributed by atoms with E-state index in [0.717, 1.165) is 101 Å². The van der Waals surface area contributed by atoms with Gasteiger partial charge in [0.05, 0.1) is 0 Å². The molecule has 0 radical (unpaired) electrons. The monoisotopic (exact) mass is 1760 g/mol. The summed E-state index contributed by atoms with van der Waals surface area (Å²) in [5.74, 6) is -1.06. The number of benzene rings is 10. The van der Waals surface area contributed by atoms with E-state index in [0.29, 0.717) is 56.4 Å². The maximum Gasteiger partial charge on any atom is 3.00 e. The van der Waals surface area contributed by atoms with Crippen LogP contribution in [0.5, 0.6) is 0 Å². The van der Waals surface area contributed by atoms with Crippen molar-refractivity contribution in [3.05, 3.63) is 363 Å². The summed E-state index contributed by atoms with van der Waals surface area (Å²) in [5.41, 5.74) is 19.5. The molecule has 15 aromatic rings. The molecular weight excluding hydrogens is 1690 g/mol. The van der Waals surface area contributed by atoms with E-state index in [1.165, 1.54) is 0 Å². The number of amides is 4. The van der Waals surface area contributed by atoms with Crippen molar-refractivity contribution in [3.63, 3.8) is 0 Å². The van der Waals surface area contributed by atoms with Crippen molar-refractivity contribution in [2.24, 2.45) is 0 Å². The van der Waals surface area contributed by atoms with E-state index < -0.39 is 0 Å². The molecule has 0 fully saturated rings. The molecule has 5 aromatic heterocycles. The van der Waals surface area contributed by atoms with Crippen LogP contribution in [0.4, 0.5) is 22.7 Å².